The van der Waals surface area contributed by atoms with Crippen molar-refractivity contribution in [1.29, 1.82) is 0 Å². The number of methoxy groups -OCH3 is 1. The monoisotopic (exact) mass is 425 g/mol. The van der Waals surface area contributed by atoms with Gasteiger partial charge in [0, 0.05) is 23.2 Å². The molecule has 4 heterocycles. The molecule has 3 unspecified atom stereocenters. The molecule has 2 amide bonds. The highest BCUT2D eigenvalue weighted by Crippen LogP contribution is 2.53. The SMILES string of the molecule is COc1ccc(N2C(=O)C3Sc4[nH]c(=O)sc4C(c4cccnc4)C3C2=O)cc1. The Hall–Kier alpha value is -2.91. The van der Waals surface area contributed by atoms with E-state index >= 15 is 0 Å². The number of rotatable bonds is 3. The molecule has 3 aromatic rings. The summed E-state index contributed by atoms with van der Waals surface area (Å²) in [5, 5.41) is 0.0559. The number of nitrogens with zero attached hydrogens (tertiary/aromatic N) is 2. The number of aromatic nitrogens is 2. The van der Waals surface area contributed by atoms with E-state index in [0.717, 1.165) is 21.8 Å². The minimum Gasteiger partial charge on any atom is -0.497 e. The minimum absolute atomic E-state index is 0.191. The van der Waals surface area contributed by atoms with E-state index < -0.39 is 17.1 Å². The molecule has 0 bridgehead atoms. The number of hydrogen-bond donors (Lipinski definition) is 1. The number of benzene rings is 1. The molecule has 0 saturated carbocycles. The maximum Gasteiger partial charge on any atom is 0.305 e. The maximum atomic E-state index is 13.5. The van der Waals surface area contributed by atoms with Crippen LogP contribution in [0.5, 0.6) is 5.75 Å². The fraction of sp³-hybridized carbons (Fsp3) is 0.200. The van der Waals surface area contributed by atoms with Gasteiger partial charge in [-0.05, 0) is 35.9 Å². The Balaban J connectivity index is 1.62. The van der Waals surface area contributed by atoms with Crippen LogP contribution in [0.3, 0.4) is 0 Å². The molecule has 2 aliphatic rings. The van der Waals surface area contributed by atoms with Gasteiger partial charge in [0.05, 0.1) is 23.7 Å². The van der Waals surface area contributed by atoms with Crippen LogP contribution in [0.1, 0.15) is 16.4 Å². The summed E-state index contributed by atoms with van der Waals surface area (Å²) >= 11 is 2.35. The summed E-state index contributed by atoms with van der Waals surface area (Å²) in [6, 6.07) is 10.5. The van der Waals surface area contributed by atoms with Crippen molar-refractivity contribution in [3.8, 4) is 5.75 Å². The number of thiazole rings is 1. The first-order valence-electron chi connectivity index (χ1n) is 8.90. The van der Waals surface area contributed by atoms with Crippen LogP contribution >= 0.6 is 23.1 Å². The molecule has 2 aromatic heterocycles. The molecule has 0 spiro atoms. The van der Waals surface area contributed by atoms with E-state index in [2.05, 4.69) is 9.97 Å². The Bertz CT molecular complexity index is 1160. The zero-order valence-electron chi connectivity index (χ0n) is 15.2. The molecule has 1 aromatic carbocycles. The summed E-state index contributed by atoms with van der Waals surface area (Å²) in [6.07, 6.45) is 3.35. The fourth-order valence-corrected chi connectivity index (χ4v) is 6.44. The van der Waals surface area contributed by atoms with Gasteiger partial charge in [-0.2, -0.15) is 0 Å². The first kappa shape index (κ1) is 18.1. The van der Waals surface area contributed by atoms with Gasteiger partial charge in [0.15, 0.2) is 0 Å². The molecule has 2 aliphatic heterocycles. The van der Waals surface area contributed by atoms with Crippen molar-refractivity contribution >= 4 is 40.6 Å². The Morgan fingerprint density at radius 1 is 1.10 bits per heavy atom. The Kier molecular flexibility index (Phi) is 4.29. The molecule has 9 heteroatoms. The van der Waals surface area contributed by atoms with Crippen molar-refractivity contribution in [3.05, 3.63) is 68.9 Å². The molecular formula is C20H15N3O4S2. The number of imide groups is 1. The zero-order chi connectivity index (χ0) is 20.1. The van der Waals surface area contributed by atoms with Crippen molar-refractivity contribution in [2.75, 3.05) is 12.0 Å². The third-order valence-electron chi connectivity index (χ3n) is 5.20. The molecule has 1 fully saturated rings. The van der Waals surface area contributed by atoms with Crippen LogP contribution in [0, 0.1) is 5.92 Å². The lowest BCUT2D eigenvalue weighted by atomic mass is 9.84. The van der Waals surface area contributed by atoms with Crippen LogP contribution in [-0.2, 0) is 9.59 Å². The van der Waals surface area contributed by atoms with E-state index in [9.17, 15) is 14.4 Å². The minimum atomic E-state index is -0.604. The highest BCUT2D eigenvalue weighted by Gasteiger charge is 2.56. The summed E-state index contributed by atoms with van der Waals surface area (Å²) < 4.78 is 5.17. The zero-order valence-corrected chi connectivity index (χ0v) is 16.8. The third-order valence-corrected chi connectivity index (χ3v) is 7.60. The van der Waals surface area contributed by atoms with Crippen LogP contribution in [0.2, 0.25) is 0 Å². The van der Waals surface area contributed by atoms with E-state index in [0.29, 0.717) is 16.5 Å². The largest absolute Gasteiger partial charge is 0.497 e. The second-order valence-electron chi connectivity index (χ2n) is 6.75. The number of ether oxygens (including phenoxy) is 1. The van der Waals surface area contributed by atoms with Crippen molar-refractivity contribution in [3.63, 3.8) is 0 Å². The number of amides is 2. The lowest BCUT2D eigenvalue weighted by molar-refractivity contribution is -0.122. The predicted octanol–water partition coefficient (Wildman–Crippen LogP) is 2.64. The van der Waals surface area contributed by atoms with Crippen LogP contribution in [0.4, 0.5) is 5.69 Å². The number of pyridine rings is 1. The van der Waals surface area contributed by atoms with E-state index in [1.807, 2.05) is 6.07 Å². The molecule has 1 N–H and O–H groups in total. The van der Waals surface area contributed by atoms with Gasteiger partial charge in [0.25, 0.3) is 0 Å². The van der Waals surface area contributed by atoms with Crippen LogP contribution < -0.4 is 14.5 Å². The Labute approximate surface area is 173 Å². The Morgan fingerprint density at radius 3 is 2.59 bits per heavy atom. The molecule has 5 rings (SSSR count). The van der Waals surface area contributed by atoms with Gasteiger partial charge < -0.3 is 9.72 Å². The normalized spacial score (nSPS) is 23.1. The lowest BCUT2D eigenvalue weighted by Gasteiger charge is -2.29. The molecule has 1 saturated heterocycles. The molecular weight excluding hydrogens is 410 g/mol. The molecule has 146 valence electrons. The van der Waals surface area contributed by atoms with Crippen LogP contribution in [0.15, 0.2) is 58.6 Å². The van der Waals surface area contributed by atoms with E-state index in [1.54, 1.807) is 49.8 Å². The average molecular weight is 425 g/mol. The van der Waals surface area contributed by atoms with Crippen molar-refractivity contribution in [2.24, 2.45) is 5.92 Å². The summed E-state index contributed by atoms with van der Waals surface area (Å²) in [5.74, 6) is -0.890. The second kappa shape index (κ2) is 6.85. The molecule has 29 heavy (non-hydrogen) atoms. The summed E-state index contributed by atoms with van der Waals surface area (Å²) in [7, 11) is 1.56. The van der Waals surface area contributed by atoms with Crippen molar-refractivity contribution in [1.82, 2.24) is 9.97 Å². The van der Waals surface area contributed by atoms with Gasteiger partial charge in [0.1, 0.15) is 11.0 Å². The molecule has 0 aliphatic carbocycles. The van der Waals surface area contributed by atoms with Gasteiger partial charge >= 0.3 is 4.87 Å². The number of carbonyl (C=O) groups is 2. The maximum absolute atomic E-state index is 13.5. The van der Waals surface area contributed by atoms with Crippen LogP contribution in [0.25, 0.3) is 0 Å². The number of nitrogens with one attached hydrogen (secondary N) is 1. The van der Waals surface area contributed by atoms with E-state index in [4.69, 9.17) is 4.74 Å². The Morgan fingerprint density at radius 2 is 1.90 bits per heavy atom. The smallest absolute Gasteiger partial charge is 0.305 e. The first-order valence-corrected chi connectivity index (χ1v) is 10.6. The van der Waals surface area contributed by atoms with Crippen molar-refractivity contribution < 1.29 is 14.3 Å². The van der Waals surface area contributed by atoms with E-state index in [-0.39, 0.29) is 16.7 Å². The number of H-pyrrole nitrogens is 1. The number of thioether (sulfide) groups is 1. The average Bonchev–Trinajstić information content (AvgIpc) is 3.23. The number of carbonyl (C=O) groups excluding carboxylic acids is 2. The topological polar surface area (TPSA) is 92.4 Å². The van der Waals surface area contributed by atoms with E-state index in [1.165, 1.54) is 16.7 Å². The molecule has 7 nitrogen and oxygen atoms in total. The van der Waals surface area contributed by atoms with Gasteiger partial charge in [-0.1, -0.05) is 29.2 Å². The highest BCUT2D eigenvalue weighted by molar-refractivity contribution is 8.00. The first-order chi connectivity index (χ1) is 14.1. The van der Waals surface area contributed by atoms with Gasteiger partial charge in [-0.3, -0.25) is 19.4 Å². The number of fused-ring (bicyclic) bond motifs is 2. The summed E-state index contributed by atoms with van der Waals surface area (Å²) in [4.78, 5) is 47.6. The van der Waals surface area contributed by atoms with Crippen molar-refractivity contribution in [2.45, 2.75) is 16.2 Å². The quantitative estimate of drug-likeness (QED) is 0.649. The van der Waals surface area contributed by atoms with Gasteiger partial charge in [-0.15, -0.1) is 0 Å². The second-order valence-corrected chi connectivity index (χ2v) is 8.91. The fourth-order valence-electron chi connectivity index (χ4n) is 3.92. The highest BCUT2D eigenvalue weighted by atomic mass is 32.2. The summed E-state index contributed by atoms with van der Waals surface area (Å²) in [6.45, 7) is 0. The molecule has 0 radical (unpaired) electrons. The molecule has 3 atom stereocenters. The standard InChI is InChI=1S/C20H15N3O4S2/c1-27-12-6-4-11(5-7-12)23-18(24)14-13(10-3-2-8-21-9-10)15-17(22-20(26)29-15)28-16(14)19(23)25/h2-9,13-14,16H,1H3,(H,22,26). The summed E-state index contributed by atoms with van der Waals surface area (Å²) in [5.41, 5.74) is 1.33. The third kappa shape index (κ3) is 2.80. The number of anilines is 1. The number of aromatic amines is 1. The van der Waals surface area contributed by atoms with Crippen LogP contribution in [-0.4, -0.2) is 34.1 Å². The number of hydrogen-bond acceptors (Lipinski definition) is 7. The van der Waals surface area contributed by atoms with Gasteiger partial charge in [0.2, 0.25) is 11.8 Å². The predicted molar refractivity (Wildman–Crippen MR) is 110 cm³/mol. The van der Waals surface area contributed by atoms with Gasteiger partial charge in [-0.25, -0.2) is 4.90 Å². The lowest BCUT2D eigenvalue weighted by Crippen LogP contribution is -2.32.